The maximum atomic E-state index is 13.7. The predicted molar refractivity (Wildman–Crippen MR) is 115 cm³/mol. The molecule has 1 N–H and O–H groups in total. The Morgan fingerprint density at radius 2 is 1.97 bits per heavy atom. The highest BCUT2D eigenvalue weighted by Gasteiger charge is 2.30. The Hall–Kier alpha value is -2.54. The van der Waals surface area contributed by atoms with Crippen LogP contribution in [0, 0.1) is 15.9 Å². The van der Waals surface area contributed by atoms with Crippen LogP contribution < -0.4 is 5.43 Å². The van der Waals surface area contributed by atoms with Crippen LogP contribution in [0.3, 0.4) is 0 Å². The van der Waals surface area contributed by atoms with Gasteiger partial charge in [-0.2, -0.15) is 9.41 Å². The van der Waals surface area contributed by atoms with Gasteiger partial charge in [-0.3, -0.25) is 15.5 Å². The summed E-state index contributed by atoms with van der Waals surface area (Å²) in [4.78, 5) is 11.2. The number of nitrogens with one attached hydrogen (secondary N) is 1. The first-order valence-corrected chi connectivity index (χ1v) is 11.9. The fourth-order valence-electron chi connectivity index (χ4n) is 3.35. The van der Waals surface area contributed by atoms with Crippen molar-refractivity contribution in [2.24, 2.45) is 5.10 Å². The normalized spacial score (nSPS) is 18.5. The number of thioether (sulfide) groups is 1. The number of fused-ring (bicyclic) bond motifs is 1. The van der Waals surface area contributed by atoms with E-state index in [9.17, 15) is 22.9 Å². The summed E-state index contributed by atoms with van der Waals surface area (Å²) in [5.74, 6) is 0.359. The molecule has 2 aromatic carbocycles. The number of non-ortho nitro benzene ring substituents is 1. The molecular weight excluding hydrogens is 447 g/mol. The summed E-state index contributed by atoms with van der Waals surface area (Å²) in [6.07, 6.45) is 0.562. The molecular formula is C19H19FN4O5S2. The van der Waals surface area contributed by atoms with Crippen molar-refractivity contribution in [3.8, 4) is 0 Å². The van der Waals surface area contributed by atoms with E-state index in [0.29, 0.717) is 17.7 Å². The van der Waals surface area contributed by atoms with E-state index < -0.39 is 14.9 Å². The number of morpholine rings is 1. The smallest absolute Gasteiger partial charge is 0.270 e. The quantitative estimate of drug-likeness (QED) is 0.532. The highest BCUT2D eigenvalue weighted by Crippen LogP contribution is 2.32. The van der Waals surface area contributed by atoms with Gasteiger partial charge in [-0.25, -0.2) is 12.8 Å². The van der Waals surface area contributed by atoms with Gasteiger partial charge in [0.05, 0.1) is 29.5 Å². The fourth-order valence-corrected chi connectivity index (χ4v) is 5.93. The third-order valence-corrected chi connectivity index (χ3v) is 7.94. The van der Waals surface area contributed by atoms with Gasteiger partial charge in [-0.1, -0.05) is 0 Å². The number of hydrazone groups is 1. The van der Waals surface area contributed by atoms with Crippen molar-refractivity contribution in [1.82, 2.24) is 4.31 Å². The third kappa shape index (κ3) is 4.56. The van der Waals surface area contributed by atoms with Gasteiger partial charge < -0.3 is 4.74 Å². The van der Waals surface area contributed by atoms with Gasteiger partial charge in [-0.05, 0) is 24.3 Å². The molecule has 0 spiro atoms. The molecule has 1 saturated heterocycles. The highest BCUT2D eigenvalue weighted by atomic mass is 32.2. The summed E-state index contributed by atoms with van der Waals surface area (Å²) in [6.45, 7) is 0.810. The largest absolute Gasteiger partial charge is 0.379 e. The zero-order valence-corrected chi connectivity index (χ0v) is 17.9. The number of ether oxygens (including phenoxy) is 1. The van der Waals surface area contributed by atoms with Crippen molar-refractivity contribution in [2.75, 3.05) is 37.5 Å². The van der Waals surface area contributed by atoms with Crippen LogP contribution >= 0.6 is 11.8 Å². The number of rotatable bonds is 5. The molecule has 9 nitrogen and oxygen atoms in total. The number of nitro benzene ring substituents is 1. The van der Waals surface area contributed by atoms with Gasteiger partial charge in [0.2, 0.25) is 10.0 Å². The molecule has 0 saturated carbocycles. The number of sulfonamides is 1. The first kappa shape index (κ1) is 21.7. The molecule has 0 unspecified atom stereocenters. The van der Waals surface area contributed by atoms with E-state index >= 15 is 0 Å². The minimum absolute atomic E-state index is 0.112. The Bertz CT molecular complexity index is 1150. The van der Waals surface area contributed by atoms with Crippen LogP contribution in [0.5, 0.6) is 0 Å². The average molecular weight is 467 g/mol. The molecule has 31 heavy (non-hydrogen) atoms. The second-order valence-corrected chi connectivity index (χ2v) is 9.91. The van der Waals surface area contributed by atoms with E-state index in [-0.39, 0.29) is 48.4 Å². The Balaban J connectivity index is 1.72. The molecule has 164 valence electrons. The van der Waals surface area contributed by atoms with Crippen LogP contribution in [0.1, 0.15) is 12.0 Å². The van der Waals surface area contributed by atoms with Crippen molar-refractivity contribution < 1.29 is 22.5 Å². The standard InChI is InChI=1S/C19H19FN4O5S2/c20-13-1-4-18-15(11-13)16(5-10-30-18)21-22-17-3-2-14(24(25)26)12-19(17)31(27,28)23-6-8-29-9-7-23/h1-4,11-12,22H,5-10H2/b21-16-. The number of halogens is 1. The van der Waals surface area contributed by atoms with E-state index in [4.69, 9.17) is 4.74 Å². The molecule has 2 heterocycles. The maximum Gasteiger partial charge on any atom is 0.270 e. The molecule has 2 aromatic rings. The molecule has 0 bridgehead atoms. The number of hydrogen-bond acceptors (Lipinski definition) is 8. The lowest BCUT2D eigenvalue weighted by atomic mass is 10.1. The van der Waals surface area contributed by atoms with E-state index in [1.807, 2.05) is 0 Å². The second kappa shape index (κ2) is 8.91. The van der Waals surface area contributed by atoms with Crippen molar-refractivity contribution in [3.63, 3.8) is 0 Å². The summed E-state index contributed by atoms with van der Waals surface area (Å²) in [6, 6.07) is 8.02. The van der Waals surface area contributed by atoms with Crippen LogP contribution in [0.25, 0.3) is 0 Å². The van der Waals surface area contributed by atoms with Gasteiger partial charge in [0.1, 0.15) is 10.7 Å². The number of nitro groups is 1. The number of anilines is 1. The Morgan fingerprint density at radius 1 is 1.19 bits per heavy atom. The zero-order chi connectivity index (χ0) is 22.0. The molecule has 4 rings (SSSR count). The van der Waals surface area contributed by atoms with Crippen LogP contribution in [-0.2, 0) is 14.8 Å². The number of nitrogens with zero attached hydrogens (tertiary/aromatic N) is 3. The lowest BCUT2D eigenvalue weighted by Gasteiger charge is -2.26. The minimum atomic E-state index is -4.02. The van der Waals surface area contributed by atoms with Crippen molar-refractivity contribution in [2.45, 2.75) is 16.2 Å². The van der Waals surface area contributed by atoms with Gasteiger partial charge in [-0.15, -0.1) is 11.8 Å². The number of benzene rings is 2. The molecule has 2 aliphatic heterocycles. The predicted octanol–water partition coefficient (Wildman–Crippen LogP) is 3.07. The van der Waals surface area contributed by atoms with Gasteiger partial charge >= 0.3 is 0 Å². The molecule has 2 aliphatic rings. The van der Waals surface area contributed by atoms with Crippen molar-refractivity contribution in [3.05, 3.63) is 57.9 Å². The molecule has 0 amide bonds. The Morgan fingerprint density at radius 3 is 2.71 bits per heavy atom. The fraction of sp³-hybridized carbons (Fsp3) is 0.316. The van der Waals surface area contributed by atoms with Gasteiger partial charge in [0, 0.05) is 47.9 Å². The first-order chi connectivity index (χ1) is 14.9. The topological polar surface area (TPSA) is 114 Å². The zero-order valence-electron chi connectivity index (χ0n) is 16.3. The molecule has 0 atom stereocenters. The van der Waals surface area contributed by atoms with Crippen LogP contribution in [0.2, 0.25) is 0 Å². The Labute approximate surface area is 182 Å². The van der Waals surface area contributed by atoms with Crippen molar-refractivity contribution >= 4 is 38.9 Å². The first-order valence-electron chi connectivity index (χ1n) is 9.48. The molecule has 0 aliphatic carbocycles. The summed E-state index contributed by atoms with van der Waals surface area (Å²) < 4.78 is 46.5. The Kier molecular flexibility index (Phi) is 6.23. The van der Waals surface area contributed by atoms with Crippen molar-refractivity contribution in [1.29, 1.82) is 0 Å². The van der Waals surface area contributed by atoms with E-state index in [1.54, 1.807) is 17.8 Å². The van der Waals surface area contributed by atoms with Crippen LogP contribution in [0.4, 0.5) is 15.8 Å². The van der Waals surface area contributed by atoms with Crippen LogP contribution in [-0.4, -0.2) is 55.4 Å². The molecule has 0 radical (unpaired) electrons. The minimum Gasteiger partial charge on any atom is -0.379 e. The summed E-state index contributed by atoms with van der Waals surface area (Å²) in [5.41, 5.74) is 3.75. The van der Waals surface area contributed by atoms with E-state index in [1.165, 1.54) is 28.6 Å². The summed E-state index contributed by atoms with van der Waals surface area (Å²) >= 11 is 1.59. The number of hydrogen-bond donors (Lipinski definition) is 1. The molecule has 0 aromatic heterocycles. The third-order valence-electron chi connectivity index (χ3n) is 4.92. The summed E-state index contributed by atoms with van der Waals surface area (Å²) in [5, 5.41) is 15.6. The van der Waals surface area contributed by atoms with Crippen LogP contribution in [0.15, 0.2) is 51.3 Å². The average Bonchev–Trinajstić information content (AvgIpc) is 2.78. The summed E-state index contributed by atoms with van der Waals surface area (Å²) in [7, 11) is -4.02. The van der Waals surface area contributed by atoms with Gasteiger partial charge in [0.15, 0.2) is 0 Å². The second-order valence-electron chi connectivity index (χ2n) is 6.86. The van der Waals surface area contributed by atoms with Gasteiger partial charge in [0.25, 0.3) is 5.69 Å². The lowest BCUT2D eigenvalue weighted by molar-refractivity contribution is -0.385. The SMILES string of the molecule is O=[N+]([O-])c1ccc(N/N=C2/CCSc3ccc(F)cc32)c(S(=O)(=O)N2CCOCC2)c1. The maximum absolute atomic E-state index is 13.7. The van der Waals surface area contributed by atoms with E-state index in [2.05, 4.69) is 10.5 Å². The van der Waals surface area contributed by atoms with E-state index in [0.717, 1.165) is 16.7 Å². The lowest BCUT2D eigenvalue weighted by Crippen LogP contribution is -2.40. The monoisotopic (exact) mass is 466 g/mol. The highest BCUT2D eigenvalue weighted by molar-refractivity contribution is 7.99. The molecule has 12 heteroatoms. The molecule has 1 fully saturated rings.